The van der Waals surface area contributed by atoms with Crippen molar-refractivity contribution in [2.45, 2.75) is 39.2 Å². The van der Waals surface area contributed by atoms with Crippen molar-refractivity contribution in [3.05, 3.63) is 41.2 Å². The number of aromatic nitrogens is 2. The van der Waals surface area contributed by atoms with Gasteiger partial charge < -0.3 is 20.1 Å². The number of aliphatic hydroxyl groups is 1. The van der Waals surface area contributed by atoms with Crippen molar-refractivity contribution < 1.29 is 23.0 Å². The molecule has 0 bridgehead atoms. The lowest BCUT2D eigenvalue weighted by atomic mass is 9.99. The Balaban J connectivity index is 1.78. The maximum Gasteiger partial charge on any atom is 0.573 e. The van der Waals surface area contributed by atoms with Gasteiger partial charge in [-0.2, -0.15) is 0 Å². The summed E-state index contributed by atoms with van der Waals surface area (Å²) in [4.78, 5) is 10.8. The predicted molar refractivity (Wildman–Crippen MR) is 94.8 cm³/mol. The molecule has 0 saturated heterocycles. The second-order valence-electron chi connectivity index (χ2n) is 6.54. The van der Waals surface area contributed by atoms with E-state index in [1.165, 1.54) is 12.1 Å². The van der Waals surface area contributed by atoms with Gasteiger partial charge in [0.2, 0.25) is 0 Å². The van der Waals surface area contributed by atoms with Crippen molar-refractivity contribution in [1.82, 2.24) is 9.97 Å². The Bertz CT molecular complexity index is 814. The van der Waals surface area contributed by atoms with Crippen LogP contribution in [0.3, 0.4) is 0 Å². The maximum absolute atomic E-state index is 12.4. The van der Waals surface area contributed by atoms with Gasteiger partial charge in [0.1, 0.15) is 23.2 Å². The van der Waals surface area contributed by atoms with Crippen molar-refractivity contribution >= 4 is 11.6 Å². The van der Waals surface area contributed by atoms with Gasteiger partial charge in [0.05, 0.1) is 6.61 Å². The van der Waals surface area contributed by atoms with E-state index in [0.717, 1.165) is 16.9 Å². The predicted octanol–water partition coefficient (Wildman–Crippen LogP) is 3.04. The minimum Gasteiger partial charge on any atom is -0.406 e. The van der Waals surface area contributed by atoms with Gasteiger partial charge in [0, 0.05) is 25.2 Å². The second-order valence-corrected chi connectivity index (χ2v) is 6.54. The van der Waals surface area contributed by atoms with Crippen LogP contribution >= 0.6 is 0 Å². The molecule has 2 heterocycles. The minimum atomic E-state index is -4.69. The molecule has 1 atom stereocenters. The SMILES string of the molecule is Cc1nc(N[C@@H](C)CO)cc(N2CCc3cc(OC(F)(F)F)ccc3C2)n1. The number of alkyl halides is 3. The van der Waals surface area contributed by atoms with Crippen molar-refractivity contribution in [3.63, 3.8) is 0 Å². The summed E-state index contributed by atoms with van der Waals surface area (Å²) in [6.45, 7) is 4.77. The van der Waals surface area contributed by atoms with Gasteiger partial charge in [-0.3, -0.25) is 0 Å². The Kier molecular flexibility index (Phi) is 5.41. The number of aliphatic hydroxyl groups excluding tert-OH is 1. The number of benzene rings is 1. The molecular weight excluding hydrogens is 361 g/mol. The van der Waals surface area contributed by atoms with E-state index < -0.39 is 6.36 Å². The third kappa shape index (κ3) is 5.00. The van der Waals surface area contributed by atoms with E-state index in [0.29, 0.717) is 31.2 Å². The van der Waals surface area contributed by atoms with Crippen LogP contribution < -0.4 is 15.0 Å². The lowest BCUT2D eigenvalue weighted by Gasteiger charge is -2.30. The fraction of sp³-hybridized carbons (Fsp3) is 0.444. The number of nitrogens with one attached hydrogen (secondary N) is 1. The van der Waals surface area contributed by atoms with E-state index in [1.54, 1.807) is 13.0 Å². The highest BCUT2D eigenvalue weighted by molar-refractivity contribution is 5.52. The highest BCUT2D eigenvalue weighted by Gasteiger charge is 2.31. The third-order valence-corrected chi connectivity index (χ3v) is 4.24. The zero-order valence-electron chi connectivity index (χ0n) is 15.0. The summed E-state index contributed by atoms with van der Waals surface area (Å²) in [6.07, 6.45) is -4.11. The number of rotatable bonds is 5. The smallest absolute Gasteiger partial charge is 0.406 e. The van der Waals surface area contributed by atoms with Gasteiger partial charge in [-0.05, 0) is 43.5 Å². The van der Waals surface area contributed by atoms with Crippen LogP contribution in [-0.4, -0.2) is 40.6 Å². The summed E-state index contributed by atoms with van der Waals surface area (Å²) in [6, 6.07) is 6.11. The van der Waals surface area contributed by atoms with Gasteiger partial charge in [0.15, 0.2) is 0 Å². The van der Waals surface area contributed by atoms with Crippen molar-refractivity contribution in [1.29, 1.82) is 0 Å². The summed E-state index contributed by atoms with van der Waals surface area (Å²) in [5, 5.41) is 12.3. The average molecular weight is 382 g/mol. The van der Waals surface area contributed by atoms with Crippen molar-refractivity contribution in [2.24, 2.45) is 0 Å². The monoisotopic (exact) mass is 382 g/mol. The highest BCUT2D eigenvalue weighted by atomic mass is 19.4. The molecule has 0 spiro atoms. The number of fused-ring (bicyclic) bond motifs is 1. The van der Waals surface area contributed by atoms with Crippen LogP contribution in [0.4, 0.5) is 24.8 Å². The quantitative estimate of drug-likeness (QED) is 0.828. The average Bonchev–Trinajstić information content (AvgIpc) is 2.59. The first kappa shape index (κ1) is 19.2. The number of aryl methyl sites for hydroxylation is 1. The molecule has 0 amide bonds. The molecule has 27 heavy (non-hydrogen) atoms. The van der Waals surface area contributed by atoms with E-state index in [9.17, 15) is 18.3 Å². The molecule has 0 fully saturated rings. The van der Waals surface area contributed by atoms with Gasteiger partial charge in [-0.25, -0.2) is 9.97 Å². The van der Waals surface area contributed by atoms with E-state index in [-0.39, 0.29) is 18.4 Å². The van der Waals surface area contributed by atoms with E-state index in [1.807, 2.05) is 13.0 Å². The Hall–Kier alpha value is -2.55. The number of hydrogen-bond acceptors (Lipinski definition) is 6. The number of hydrogen-bond donors (Lipinski definition) is 2. The van der Waals surface area contributed by atoms with E-state index >= 15 is 0 Å². The first-order chi connectivity index (χ1) is 12.7. The molecule has 146 valence electrons. The molecular formula is C18H21F3N4O2. The Morgan fingerprint density at radius 3 is 2.74 bits per heavy atom. The normalized spacial score (nSPS) is 15.3. The maximum atomic E-state index is 12.4. The van der Waals surface area contributed by atoms with Crippen molar-refractivity contribution in [2.75, 3.05) is 23.4 Å². The van der Waals surface area contributed by atoms with Crippen molar-refractivity contribution in [3.8, 4) is 5.75 Å². The molecule has 0 radical (unpaired) electrons. The summed E-state index contributed by atoms with van der Waals surface area (Å²) in [7, 11) is 0. The van der Waals surface area contributed by atoms with Gasteiger partial charge in [0.25, 0.3) is 0 Å². The Labute approximate surface area is 155 Å². The molecule has 1 aromatic heterocycles. The number of anilines is 2. The first-order valence-electron chi connectivity index (χ1n) is 8.59. The number of nitrogens with zero attached hydrogens (tertiary/aromatic N) is 3. The summed E-state index contributed by atoms with van der Waals surface area (Å²) in [5.41, 5.74) is 1.77. The van der Waals surface area contributed by atoms with E-state index in [2.05, 4.69) is 24.9 Å². The molecule has 2 N–H and O–H groups in total. The molecule has 1 aliphatic rings. The standard InChI is InChI=1S/C18H21F3N4O2/c1-11(10-26)22-16-8-17(24-12(2)23-16)25-6-5-13-7-15(27-18(19,20)21)4-3-14(13)9-25/h3-4,7-8,11,26H,5-6,9-10H2,1-2H3,(H,22,23,24)/t11-/m0/s1. The fourth-order valence-corrected chi connectivity index (χ4v) is 3.01. The molecule has 1 aliphatic heterocycles. The molecule has 2 aromatic rings. The van der Waals surface area contributed by atoms with Crippen LogP contribution in [-0.2, 0) is 13.0 Å². The van der Waals surface area contributed by atoms with Crippen LogP contribution in [0.5, 0.6) is 5.75 Å². The Morgan fingerprint density at radius 1 is 1.26 bits per heavy atom. The van der Waals surface area contributed by atoms with Gasteiger partial charge in [-0.1, -0.05) is 6.07 Å². The molecule has 0 aliphatic carbocycles. The van der Waals surface area contributed by atoms with Crippen LogP contribution in [0.1, 0.15) is 23.9 Å². The molecule has 3 rings (SSSR count). The summed E-state index contributed by atoms with van der Waals surface area (Å²) < 4.78 is 41.1. The topological polar surface area (TPSA) is 70.5 Å². The molecule has 6 nitrogen and oxygen atoms in total. The second kappa shape index (κ2) is 7.59. The highest BCUT2D eigenvalue weighted by Crippen LogP contribution is 2.30. The van der Waals surface area contributed by atoms with Crippen LogP contribution in [0, 0.1) is 6.92 Å². The lowest BCUT2D eigenvalue weighted by Crippen LogP contribution is -2.31. The number of ether oxygens (including phenoxy) is 1. The fourth-order valence-electron chi connectivity index (χ4n) is 3.01. The van der Waals surface area contributed by atoms with Gasteiger partial charge >= 0.3 is 6.36 Å². The lowest BCUT2D eigenvalue weighted by molar-refractivity contribution is -0.274. The van der Waals surface area contributed by atoms with Crippen LogP contribution in [0.15, 0.2) is 24.3 Å². The zero-order chi connectivity index (χ0) is 19.6. The number of halogens is 3. The molecule has 0 unspecified atom stereocenters. The molecule has 1 aromatic carbocycles. The minimum absolute atomic E-state index is 0.0161. The largest absolute Gasteiger partial charge is 0.573 e. The zero-order valence-corrected chi connectivity index (χ0v) is 15.0. The van der Waals surface area contributed by atoms with Gasteiger partial charge in [-0.15, -0.1) is 13.2 Å². The molecule has 0 saturated carbocycles. The van der Waals surface area contributed by atoms with Crippen LogP contribution in [0.2, 0.25) is 0 Å². The molecule has 9 heteroatoms. The van der Waals surface area contributed by atoms with E-state index in [4.69, 9.17) is 0 Å². The van der Waals surface area contributed by atoms with Crippen LogP contribution in [0.25, 0.3) is 0 Å². The first-order valence-corrected chi connectivity index (χ1v) is 8.59. The Morgan fingerprint density at radius 2 is 2.04 bits per heavy atom. The third-order valence-electron chi connectivity index (χ3n) is 4.24. The summed E-state index contributed by atoms with van der Waals surface area (Å²) in [5.74, 6) is 1.76. The summed E-state index contributed by atoms with van der Waals surface area (Å²) >= 11 is 0.